The van der Waals surface area contributed by atoms with Crippen molar-refractivity contribution in [2.45, 2.75) is 18.9 Å². The van der Waals surface area contributed by atoms with Gasteiger partial charge in [-0.3, -0.25) is 0 Å². The van der Waals surface area contributed by atoms with Crippen molar-refractivity contribution >= 4 is 0 Å². The number of nitrogens with one attached hydrogen (secondary N) is 1. The van der Waals surface area contributed by atoms with Gasteiger partial charge < -0.3 is 5.32 Å². The normalized spacial score (nSPS) is 43.5. The maximum absolute atomic E-state index is 3.45. The second kappa shape index (κ2) is 1.45. The van der Waals surface area contributed by atoms with E-state index in [1.165, 1.54) is 17.6 Å². The molecule has 0 radical (unpaired) electrons. The topological polar surface area (TPSA) is 12.0 Å². The van der Waals surface area contributed by atoms with Crippen molar-refractivity contribution in [3.8, 4) is 0 Å². The Balaban J connectivity index is 2.15. The second-order valence-electron chi connectivity index (χ2n) is 3.74. The highest BCUT2D eigenvalue weighted by atomic mass is 15.1. The number of rotatable bonds is 0. The van der Waals surface area contributed by atoms with Crippen LogP contribution in [-0.2, 0) is 0 Å². The van der Waals surface area contributed by atoms with Crippen molar-refractivity contribution in [2.75, 3.05) is 0 Å². The summed E-state index contributed by atoms with van der Waals surface area (Å²) in [5.74, 6) is 0.789. The quantitative estimate of drug-likeness (QED) is 0.547. The smallest absolute Gasteiger partial charge is 0.0693 e. The van der Waals surface area contributed by atoms with Gasteiger partial charge in [0.1, 0.15) is 0 Å². The van der Waals surface area contributed by atoms with Gasteiger partial charge >= 0.3 is 0 Å². The van der Waals surface area contributed by atoms with Crippen LogP contribution in [0.5, 0.6) is 0 Å². The van der Waals surface area contributed by atoms with Crippen LogP contribution in [-0.4, -0.2) is 5.54 Å². The lowest BCUT2D eigenvalue weighted by Gasteiger charge is -2.16. The zero-order valence-corrected chi connectivity index (χ0v) is 6.59. The monoisotopic (exact) mass is 145 g/mol. The Kier molecular flexibility index (Phi) is 0.743. The van der Waals surface area contributed by atoms with Crippen LogP contribution >= 0.6 is 0 Å². The minimum atomic E-state index is 0.360. The molecule has 1 spiro atoms. The van der Waals surface area contributed by atoms with E-state index >= 15 is 0 Å². The molecule has 56 valence electrons. The minimum absolute atomic E-state index is 0.360. The van der Waals surface area contributed by atoms with E-state index in [9.17, 15) is 0 Å². The van der Waals surface area contributed by atoms with Crippen molar-refractivity contribution in [1.29, 1.82) is 0 Å². The fourth-order valence-corrected chi connectivity index (χ4v) is 2.35. The lowest BCUT2D eigenvalue weighted by molar-refractivity contribution is 0.656. The van der Waals surface area contributed by atoms with Crippen LogP contribution in [0.3, 0.4) is 0 Å². The molecule has 2 unspecified atom stereocenters. The molecule has 0 bridgehead atoms. The summed E-state index contributed by atoms with van der Waals surface area (Å²) < 4.78 is 0. The lowest BCUT2D eigenvalue weighted by atomic mass is 9.96. The molecule has 1 heterocycles. The Morgan fingerprint density at radius 1 is 1.55 bits per heavy atom. The molecule has 1 N–H and O–H groups in total. The maximum atomic E-state index is 3.45. The fraction of sp³-hybridized carbons (Fsp3) is 0.400. The summed E-state index contributed by atoms with van der Waals surface area (Å²) in [6.45, 7) is 2.23. The van der Waals surface area contributed by atoms with E-state index in [2.05, 4.69) is 36.7 Å². The first kappa shape index (κ1) is 5.64. The highest BCUT2D eigenvalue weighted by Gasteiger charge is 2.58. The highest BCUT2D eigenvalue weighted by molar-refractivity contribution is 5.53. The zero-order valence-electron chi connectivity index (χ0n) is 6.59. The molecule has 0 aromatic heterocycles. The molecular weight excluding hydrogens is 134 g/mol. The number of hydrogen-bond acceptors (Lipinski definition) is 1. The SMILES string of the molecule is CC1=CC=C2C=CNC23CC13. The molecule has 2 aliphatic carbocycles. The highest BCUT2D eigenvalue weighted by Crippen LogP contribution is 2.56. The summed E-state index contributed by atoms with van der Waals surface area (Å²) >= 11 is 0. The summed E-state index contributed by atoms with van der Waals surface area (Å²) in [5, 5.41) is 3.45. The van der Waals surface area contributed by atoms with Gasteiger partial charge in [0.05, 0.1) is 5.54 Å². The van der Waals surface area contributed by atoms with Gasteiger partial charge in [0.2, 0.25) is 0 Å². The molecule has 0 aromatic rings. The average Bonchev–Trinajstić information content (AvgIpc) is 2.57. The molecule has 1 heteroatoms. The van der Waals surface area contributed by atoms with Gasteiger partial charge in [0.15, 0.2) is 0 Å². The molecule has 3 aliphatic rings. The van der Waals surface area contributed by atoms with Gasteiger partial charge in [0.25, 0.3) is 0 Å². The van der Waals surface area contributed by atoms with Crippen molar-refractivity contribution < 1.29 is 0 Å². The van der Waals surface area contributed by atoms with E-state index in [-0.39, 0.29) is 0 Å². The number of hydrogen-bond donors (Lipinski definition) is 1. The van der Waals surface area contributed by atoms with Gasteiger partial charge in [-0.15, -0.1) is 0 Å². The third-order valence-corrected chi connectivity index (χ3v) is 3.16. The molecule has 11 heavy (non-hydrogen) atoms. The van der Waals surface area contributed by atoms with Crippen molar-refractivity contribution in [2.24, 2.45) is 5.92 Å². The zero-order chi connectivity index (χ0) is 7.47. The van der Waals surface area contributed by atoms with Crippen LogP contribution in [0.4, 0.5) is 0 Å². The predicted octanol–water partition coefficient (Wildman–Crippen LogP) is 1.75. The van der Waals surface area contributed by atoms with Crippen molar-refractivity contribution in [3.63, 3.8) is 0 Å². The van der Waals surface area contributed by atoms with E-state index < -0.39 is 0 Å². The second-order valence-corrected chi connectivity index (χ2v) is 3.74. The first-order valence-electron chi connectivity index (χ1n) is 4.16. The van der Waals surface area contributed by atoms with Crippen LogP contribution in [0.15, 0.2) is 35.6 Å². The van der Waals surface area contributed by atoms with Crippen molar-refractivity contribution in [3.05, 3.63) is 35.6 Å². The summed E-state index contributed by atoms with van der Waals surface area (Å²) in [7, 11) is 0. The van der Waals surface area contributed by atoms with E-state index in [4.69, 9.17) is 0 Å². The summed E-state index contributed by atoms with van der Waals surface area (Å²) in [6.07, 6.45) is 10.1. The summed E-state index contributed by atoms with van der Waals surface area (Å²) in [6, 6.07) is 0. The Bertz CT molecular complexity index is 309. The van der Waals surface area contributed by atoms with Crippen LogP contribution < -0.4 is 5.32 Å². The summed E-state index contributed by atoms with van der Waals surface area (Å²) in [5.41, 5.74) is 3.37. The van der Waals surface area contributed by atoms with Crippen LogP contribution in [0.1, 0.15) is 13.3 Å². The molecule has 1 fully saturated rings. The number of allylic oxidation sites excluding steroid dienone is 2. The van der Waals surface area contributed by atoms with Crippen molar-refractivity contribution in [1.82, 2.24) is 5.32 Å². The molecule has 0 saturated heterocycles. The molecule has 0 aromatic carbocycles. The average molecular weight is 145 g/mol. The molecule has 1 aliphatic heterocycles. The Labute approximate surface area is 66.5 Å². The van der Waals surface area contributed by atoms with Gasteiger partial charge in [-0.1, -0.05) is 17.7 Å². The largest absolute Gasteiger partial charge is 0.381 e. The summed E-state index contributed by atoms with van der Waals surface area (Å²) in [4.78, 5) is 0. The molecule has 1 nitrogen and oxygen atoms in total. The maximum Gasteiger partial charge on any atom is 0.0693 e. The fourth-order valence-electron chi connectivity index (χ4n) is 2.35. The molecule has 0 amide bonds. The molecular formula is C10H11N. The third kappa shape index (κ3) is 0.493. The van der Waals surface area contributed by atoms with Gasteiger partial charge in [0, 0.05) is 5.92 Å². The van der Waals surface area contributed by atoms with Gasteiger partial charge in [-0.05, 0) is 31.2 Å². The van der Waals surface area contributed by atoms with Crippen LogP contribution in [0, 0.1) is 5.92 Å². The van der Waals surface area contributed by atoms with E-state index in [0.717, 1.165) is 5.92 Å². The van der Waals surface area contributed by atoms with Gasteiger partial charge in [-0.25, -0.2) is 0 Å². The van der Waals surface area contributed by atoms with Gasteiger partial charge in [-0.2, -0.15) is 0 Å². The predicted molar refractivity (Wildman–Crippen MR) is 45.0 cm³/mol. The molecule has 2 atom stereocenters. The van der Waals surface area contributed by atoms with Crippen LogP contribution in [0.25, 0.3) is 0 Å². The molecule has 3 rings (SSSR count). The Morgan fingerprint density at radius 3 is 3.36 bits per heavy atom. The van der Waals surface area contributed by atoms with Crippen LogP contribution in [0.2, 0.25) is 0 Å². The third-order valence-electron chi connectivity index (χ3n) is 3.16. The minimum Gasteiger partial charge on any atom is -0.381 e. The standard InChI is InChI=1S/C10H11N/c1-7-2-3-8-4-5-11-10(8)6-9(7)10/h2-5,9,11H,6H2,1H3. The van der Waals surface area contributed by atoms with E-state index in [1.807, 2.05) is 0 Å². The Hall–Kier alpha value is -0.980. The first-order chi connectivity index (χ1) is 5.33. The lowest BCUT2D eigenvalue weighted by Crippen LogP contribution is -2.27. The Morgan fingerprint density at radius 2 is 2.45 bits per heavy atom. The first-order valence-corrected chi connectivity index (χ1v) is 4.16. The van der Waals surface area contributed by atoms with E-state index in [1.54, 1.807) is 0 Å². The molecule has 1 saturated carbocycles. The van der Waals surface area contributed by atoms with E-state index in [0.29, 0.717) is 5.54 Å².